The van der Waals surface area contributed by atoms with Gasteiger partial charge < -0.3 is 25.2 Å². The molecule has 2 aromatic rings. The quantitative estimate of drug-likeness (QED) is 0.774. The molecular formula is C17H17ClN2O4. The fourth-order valence-electron chi connectivity index (χ4n) is 2.34. The van der Waals surface area contributed by atoms with Gasteiger partial charge in [0.05, 0.1) is 16.8 Å². The molecule has 0 aromatic heterocycles. The highest BCUT2D eigenvalue weighted by Crippen LogP contribution is 2.34. The van der Waals surface area contributed by atoms with Gasteiger partial charge in [0.25, 0.3) is 0 Å². The Balaban J connectivity index is 1.47. The molecule has 3 N–H and O–H groups in total. The number of aliphatic hydroxyl groups excluding tert-OH is 1. The minimum atomic E-state index is -0.708. The van der Waals surface area contributed by atoms with Gasteiger partial charge in [-0.2, -0.15) is 0 Å². The van der Waals surface area contributed by atoms with E-state index in [1.165, 1.54) is 0 Å². The van der Waals surface area contributed by atoms with E-state index in [0.717, 1.165) is 0 Å². The second kappa shape index (κ2) is 7.42. The van der Waals surface area contributed by atoms with Gasteiger partial charge in [0.15, 0.2) is 11.5 Å². The van der Waals surface area contributed by atoms with E-state index in [9.17, 15) is 9.90 Å². The number of hydrogen-bond donors (Lipinski definition) is 3. The third-order valence-corrected chi connectivity index (χ3v) is 3.94. The van der Waals surface area contributed by atoms with Crippen LogP contribution in [0.25, 0.3) is 0 Å². The van der Waals surface area contributed by atoms with Crippen molar-refractivity contribution in [1.29, 1.82) is 0 Å². The molecule has 24 heavy (non-hydrogen) atoms. The van der Waals surface area contributed by atoms with Gasteiger partial charge >= 0.3 is 6.03 Å². The summed E-state index contributed by atoms with van der Waals surface area (Å²) >= 11 is 5.97. The Hall–Kier alpha value is -2.44. The molecule has 0 aliphatic carbocycles. The minimum Gasteiger partial charge on any atom is -0.454 e. The lowest BCUT2D eigenvalue weighted by molar-refractivity contribution is 0.165. The van der Waals surface area contributed by atoms with Crippen molar-refractivity contribution in [2.75, 3.05) is 18.7 Å². The lowest BCUT2D eigenvalue weighted by atomic mass is 10.1. The molecule has 1 heterocycles. The number of para-hydroxylation sites is 1. The zero-order chi connectivity index (χ0) is 16.9. The van der Waals surface area contributed by atoms with E-state index in [-0.39, 0.29) is 12.8 Å². The maximum Gasteiger partial charge on any atom is 0.319 e. The van der Waals surface area contributed by atoms with Gasteiger partial charge in [-0.15, -0.1) is 0 Å². The first-order valence-electron chi connectivity index (χ1n) is 7.50. The minimum absolute atomic E-state index is 0.193. The Morgan fingerprint density at radius 1 is 1.21 bits per heavy atom. The van der Waals surface area contributed by atoms with Crippen LogP contribution in [-0.2, 0) is 0 Å². The molecule has 0 saturated heterocycles. The maximum atomic E-state index is 11.8. The average molecular weight is 349 g/mol. The molecule has 0 spiro atoms. The van der Waals surface area contributed by atoms with Crippen LogP contribution >= 0.6 is 11.6 Å². The topological polar surface area (TPSA) is 79.8 Å². The molecule has 2 aromatic carbocycles. The molecule has 6 nitrogen and oxygen atoms in total. The van der Waals surface area contributed by atoms with Crippen LogP contribution in [0.3, 0.4) is 0 Å². The van der Waals surface area contributed by atoms with E-state index >= 15 is 0 Å². The molecule has 1 atom stereocenters. The Morgan fingerprint density at radius 2 is 2.00 bits per heavy atom. The number of nitrogens with one attached hydrogen (secondary N) is 2. The number of halogens is 1. The van der Waals surface area contributed by atoms with Gasteiger partial charge in [-0.05, 0) is 36.2 Å². The number of carbonyl (C=O) groups is 1. The Labute approximate surface area is 144 Å². The summed E-state index contributed by atoms with van der Waals surface area (Å²) in [6.45, 7) is 0.505. The summed E-state index contributed by atoms with van der Waals surface area (Å²) in [5.74, 6) is 1.29. The molecule has 1 aliphatic rings. The highest BCUT2D eigenvalue weighted by Gasteiger charge is 2.16. The van der Waals surface area contributed by atoms with Gasteiger partial charge in [-0.1, -0.05) is 29.8 Å². The summed E-state index contributed by atoms with van der Waals surface area (Å²) < 4.78 is 10.5. The van der Waals surface area contributed by atoms with Crippen molar-refractivity contribution in [1.82, 2.24) is 5.32 Å². The third-order valence-electron chi connectivity index (χ3n) is 3.61. The van der Waals surface area contributed by atoms with Crippen molar-refractivity contribution in [3.05, 3.63) is 53.1 Å². The standard InChI is InChI=1S/C17H17ClN2O4/c18-12-3-1-2-4-13(12)20-17(22)19-8-7-14(21)11-5-6-15-16(9-11)24-10-23-15/h1-6,9,14,21H,7-8,10H2,(H2,19,20,22)/t14-/m0/s1. The highest BCUT2D eigenvalue weighted by molar-refractivity contribution is 6.33. The zero-order valence-electron chi connectivity index (χ0n) is 12.8. The molecule has 3 rings (SSSR count). The van der Waals surface area contributed by atoms with Crippen molar-refractivity contribution in [2.24, 2.45) is 0 Å². The van der Waals surface area contributed by atoms with Gasteiger partial charge in [-0.3, -0.25) is 0 Å². The number of hydrogen-bond acceptors (Lipinski definition) is 4. The molecular weight excluding hydrogens is 332 g/mol. The van der Waals surface area contributed by atoms with Crippen LogP contribution in [0.5, 0.6) is 11.5 Å². The first-order valence-corrected chi connectivity index (χ1v) is 7.88. The van der Waals surface area contributed by atoms with E-state index in [1.807, 2.05) is 0 Å². The Kier molecular flexibility index (Phi) is 5.08. The molecule has 7 heteroatoms. The SMILES string of the molecule is O=C(NCC[C@H](O)c1ccc2c(c1)OCO2)Nc1ccccc1Cl. The summed E-state index contributed by atoms with van der Waals surface area (Å²) in [7, 11) is 0. The van der Waals surface area contributed by atoms with Crippen molar-refractivity contribution >= 4 is 23.3 Å². The number of urea groups is 1. The summed E-state index contributed by atoms with van der Waals surface area (Å²) in [6.07, 6.45) is -0.338. The molecule has 126 valence electrons. The number of anilines is 1. The smallest absolute Gasteiger partial charge is 0.319 e. The van der Waals surface area contributed by atoms with Crippen LogP contribution in [0.1, 0.15) is 18.1 Å². The molecule has 2 amide bonds. The molecule has 0 saturated carbocycles. The predicted octanol–water partition coefficient (Wildman–Crippen LogP) is 3.31. The van der Waals surface area contributed by atoms with Gasteiger partial charge in [0.1, 0.15) is 0 Å². The van der Waals surface area contributed by atoms with Crippen LogP contribution < -0.4 is 20.1 Å². The molecule has 0 unspecified atom stereocenters. The normalized spacial score (nSPS) is 13.4. The number of amides is 2. The number of ether oxygens (including phenoxy) is 2. The Morgan fingerprint density at radius 3 is 2.83 bits per heavy atom. The van der Waals surface area contributed by atoms with Crippen LogP contribution in [0, 0.1) is 0 Å². The summed E-state index contributed by atoms with van der Waals surface area (Å²) in [5, 5.41) is 16.0. The average Bonchev–Trinajstić information content (AvgIpc) is 3.04. The van der Waals surface area contributed by atoms with Gasteiger partial charge in [0, 0.05) is 6.54 Å². The lowest BCUT2D eigenvalue weighted by Gasteiger charge is -2.13. The maximum absolute atomic E-state index is 11.8. The second-order valence-electron chi connectivity index (χ2n) is 5.28. The van der Waals surface area contributed by atoms with Gasteiger partial charge in [-0.25, -0.2) is 4.79 Å². The first-order chi connectivity index (χ1) is 11.6. The number of carbonyl (C=O) groups excluding carboxylic acids is 1. The first kappa shape index (κ1) is 16.4. The van der Waals surface area contributed by atoms with E-state index < -0.39 is 6.10 Å². The van der Waals surface area contributed by atoms with Crippen LogP contribution in [-0.4, -0.2) is 24.5 Å². The molecule has 0 radical (unpaired) electrons. The van der Waals surface area contributed by atoms with Crippen LogP contribution in [0.2, 0.25) is 5.02 Å². The predicted molar refractivity (Wildman–Crippen MR) is 90.6 cm³/mol. The summed E-state index contributed by atoms with van der Waals surface area (Å²) in [4.78, 5) is 11.8. The number of rotatable bonds is 5. The monoisotopic (exact) mass is 348 g/mol. The number of fused-ring (bicyclic) bond motifs is 1. The van der Waals surface area contributed by atoms with Gasteiger partial charge in [0.2, 0.25) is 6.79 Å². The van der Waals surface area contributed by atoms with E-state index in [4.69, 9.17) is 21.1 Å². The van der Waals surface area contributed by atoms with E-state index in [2.05, 4.69) is 10.6 Å². The van der Waals surface area contributed by atoms with Crippen LogP contribution in [0.4, 0.5) is 10.5 Å². The van der Waals surface area contributed by atoms with Crippen molar-refractivity contribution < 1.29 is 19.4 Å². The lowest BCUT2D eigenvalue weighted by Crippen LogP contribution is -2.30. The highest BCUT2D eigenvalue weighted by atomic mass is 35.5. The third kappa shape index (κ3) is 3.90. The largest absolute Gasteiger partial charge is 0.454 e. The molecule has 0 bridgehead atoms. The molecule has 1 aliphatic heterocycles. The summed E-state index contributed by atoms with van der Waals surface area (Å²) in [6, 6.07) is 11.9. The van der Waals surface area contributed by atoms with Crippen molar-refractivity contribution in [3.8, 4) is 11.5 Å². The molecule has 0 fully saturated rings. The fourth-order valence-corrected chi connectivity index (χ4v) is 2.52. The summed E-state index contributed by atoms with van der Waals surface area (Å²) in [5.41, 5.74) is 1.25. The van der Waals surface area contributed by atoms with E-state index in [0.29, 0.717) is 40.7 Å². The second-order valence-corrected chi connectivity index (χ2v) is 5.69. The number of aliphatic hydroxyl groups is 1. The van der Waals surface area contributed by atoms with Crippen molar-refractivity contribution in [2.45, 2.75) is 12.5 Å². The fraction of sp³-hybridized carbons (Fsp3) is 0.235. The zero-order valence-corrected chi connectivity index (χ0v) is 13.5. The number of benzene rings is 2. The van der Waals surface area contributed by atoms with E-state index in [1.54, 1.807) is 42.5 Å². The Bertz CT molecular complexity index is 738. The van der Waals surface area contributed by atoms with Crippen LogP contribution in [0.15, 0.2) is 42.5 Å². The van der Waals surface area contributed by atoms with Crippen molar-refractivity contribution in [3.63, 3.8) is 0 Å².